The Morgan fingerprint density at radius 1 is 1.08 bits per heavy atom. The van der Waals surface area contributed by atoms with Crippen LogP contribution in [0.2, 0.25) is 0 Å². The number of carbonyl (C=O) groups is 2. The summed E-state index contributed by atoms with van der Waals surface area (Å²) in [5, 5.41) is 9.15. The topological polar surface area (TPSA) is 105 Å². The summed E-state index contributed by atoms with van der Waals surface area (Å²) in [5.74, 6) is 0.323. The van der Waals surface area contributed by atoms with Gasteiger partial charge in [0.25, 0.3) is 5.09 Å². The SMILES string of the molecule is O=Cc1ccccc1OC(=O)Cc1ccc(OCCCO[N+](=O)[O-])cc1. The van der Waals surface area contributed by atoms with E-state index in [0.29, 0.717) is 24.0 Å². The van der Waals surface area contributed by atoms with Gasteiger partial charge in [-0.15, -0.1) is 10.1 Å². The highest BCUT2D eigenvalue weighted by atomic mass is 16.9. The van der Waals surface area contributed by atoms with Crippen LogP contribution in [0.1, 0.15) is 22.3 Å². The first-order chi connectivity index (χ1) is 12.6. The average molecular weight is 359 g/mol. The molecule has 0 aromatic heterocycles. The van der Waals surface area contributed by atoms with Gasteiger partial charge in [-0.2, -0.15) is 0 Å². The largest absolute Gasteiger partial charge is 0.494 e. The number of aldehydes is 1. The molecule has 0 amide bonds. The number of benzene rings is 2. The van der Waals surface area contributed by atoms with Crippen molar-refractivity contribution >= 4 is 12.3 Å². The minimum absolute atomic E-state index is 0.0286. The van der Waals surface area contributed by atoms with Crippen molar-refractivity contribution in [2.75, 3.05) is 13.2 Å². The summed E-state index contributed by atoms with van der Waals surface area (Å²) < 4.78 is 10.6. The Morgan fingerprint density at radius 3 is 2.50 bits per heavy atom. The highest BCUT2D eigenvalue weighted by Crippen LogP contribution is 2.17. The number of ether oxygens (including phenoxy) is 2. The predicted octanol–water partition coefficient (Wildman–Crippen LogP) is 2.62. The molecule has 8 heteroatoms. The van der Waals surface area contributed by atoms with E-state index in [-0.39, 0.29) is 25.4 Å². The van der Waals surface area contributed by atoms with Gasteiger partial charge in [-0.25, -0.2) is 0 Å². The molecule has 0 saturated heterocycles. The Morgan fingerprint density at radius 2 is 1.81 bits per heavy atom. The Labute approximate surface area is 149 Å². The molecule has 26 heavy (non-hydrogen) atoms. The molecule has 0 atom stereocenters. The van der Waals surface area contributed by atoms with E-state index in [1.807, 2.05) is 0 Å². The number of carbonyl (C=O) groups excluding carboxylic acids is 2. The van der Waals surface area contributed by atoms with E-state index in [1.165, 1.54) is 0 Å². The van der Waals surface area contributed by atoms with Crippen molar-refractivity contribution in [2.45, 2.75) is 12.8 Å². The molecule has 0 unspecified atom stereocenters. The second-order valence-corrected chi connectivity index (χ2v) is 5.21. The van der Waals surface area contributed by atoms with E-state index in [0.717, 1.165) is 5.56 Å². The third kappa shape index (κ3) is 6.23. The van der Waals surface area contributed by atoms with Crippen LogP contribution in [0.15, 0.2) is 48.5 Å². The summed E-state index contributed by atoms with van der Waals surface area (Å²) >= 11 is 0. The van der Waals surface area contributed by atoms with Crippen molar-refractivity contribution in [2.24, 2.45) is 0 Å². The summed E-state index contributed by atoms with van der Waals surface area (Å²) in [6.07, 6.45) is 1.06. The number of esters is 1. The number of para-hydroxylation sites is 1. The average Bonchev–Trinajstić information content (AvgIpc) is 2.63. The van der Waals surface area contributed by atoms with Gasteiger partial charge in [0.2, 0.25) is 0 Å². The second kappa shape index (κ2) is 9.77. The Hall–Kier alpha value is -3.42. The van der Waals surface area contributed by atoms with Crippen molar-refractivity contribution in [3.05, 3.63) is 69.8 Å². The van der Waals surface area contributed by atoms with Gasteiger partial charge in [-0.3, -0.25) is 9.59 Å². The zero-order valence-electron chi connectivity index (χ0n) is 13.8. The summed E-state index contributed by atoms with van der Waals surface area (Å²) in [6.45, 7) is 0.247. The normalized spacial score (nSPS) is 10.0. The molecule has 2 rings (SSSR count). The summed E-state index contributed by atoms with van der Waals surface area (Å²) in [5.41, 5.74) is 1.04. The van der Waals surface area contributed by atoms with E-state index >= 15 is 0 Å². The fourth-order valence-corrected chi connectivity index (χ4v) is 2.09. The maximum absolute atomic E-state index is 12.0. The summed E-state index contributed by atoms with van der Waals surface area (Å²) in [4.78, 5) is 37.1. The molecule has 0 bridgehead atoms. The van der Waals surface area contributed by atoms with Gasteiger partial charge in [0, 0.05) is 6.42 Å². The van der Waals surface area contributed by atoms with Crippen LogP contribution < -0.4 is 9.47 Å². The molecule has 0 heterocycles. The lowest BCUT2D eigenvalue weighted by molar-refractivity contribution is -0.757. The molecule has 136 valence electrons. The van der Waals surface area contributed by atoms with Crippen LogP contribution in [-0.2, 0) is 16.1 Å². The van der Waals surface area contributed by atoms with Crippen LogP contribution in [0.5, 0.6) is 11.5 Å². The maximum Gasteiger partial charge on any atom is 0.315 e. The summed E-state index contributed by atoms with van der Waals surface area (Å²) in [6, 6.07) is 13.3. The van der Waals surface area contributed by atoms with Crippen LogP contribution in [0, 0.1) is 10.1 Å². The number of hydrogen-bond donors (Lipinski definition) is 0. The maximum atomic E-state index is 12.0. The van der Waals surface area contributed by atoms with Crippen molar-refractivity contribution in [3.8, 4) is 11.5 Å². The van der Waals surface area contributed by atoms with Crippen molar-refractivity contribution in [3.63, 3.8) is 0 Å². The molecular formula is C18H17NO7. The summed E-state index contributed by atoms with van der Waals surface area (Å²) in [7, 11) is 0. The van der Waals surface area contributed by atoms with E-state index in [4.69, 9.17) is 9.47 Å². The van der Waals surface area contributed by atoms with Gasteiger partial charge in [-0.1, -0.05) is 24.3 Å². The van der Waals surface area contributed by atoms with Crippen molar-refractivity contribution in [1.29, 1.82) is 0 Å². The van der Waals surface area contributed by atoms with E-state index in [2.05, 4.69) is 4.84 Å². The minimum atomic E-state index is -0.846. The Bertz CT molecular complexity index is 758. The molecule has 0 aliphatic rings. The molecule has 2 aromatic rings. The number of rotatable bonds is 10. The Kier molecular flexibility index (Phi) is 7.11. The molecule has 0 radical (unpaired) electrons. The van der Waals surface area contributed by atoms with Crippen LogP contribution >= 0.6 is 0 Å². The highest BCUT2D eigenvalue weighted by molar-refractivity contribution is 5.83. The van der Waals surface area contributed by atoms with Crippen LogP contribution in [0.25, 0.3) is 0 Å². The van der Waals surface area contributed by atoms with Crippen LogP contribution in [0.3, 0.4) is 0 Å². The van der Waals surface area contributed by atoms with Crippen LogP contribution in [-0.4, -0.2) is 30.6 Å². The zero-order chi connectivity index (χ0) is 18.8. The lowest BCUT2D eigenvalue weighted by atomic mass is 10.1. The standard InChI is InChI=1S/C18H17NO7/c20-13-15-4-1-2-5-17(15)26-18(21)12-14-6-8-16(9-7-14)24-10-3-11-25-19(22)23/h1-2,4-9,13H,3,10-12H2. The second-order valence-electron chi connectivity index (χ2n) is 5.21. The molecular weight excluding hydrogens is 342 g/mol. The van der Waals surface area contributed by atoms with E-state index in [9.17, 15) is 19.7 Å². The third-order valence-corrected chi connectivity index (χ3v) is 3.30. The first-order valence-corrected chi connectivity index (χ1v) is 7.82. The molecule has 0 saturated carbocycles. The van der Waals surface area contributed by atoms with Gasteiger partial charge >= 0.3 is 5.97 Å². The van der Waals surface area contributed by atoms with E-state index in [1.54, 1.807) is 48.5 Å². The first kappa shape index (κ1) is 18.9. The van der Waals surface area contributed by atoms with E-state index < -0.39 is 11.1 Å². The number of hydrogen-bond acceptors (Lipinski definition) is 7. The molecule has 8 nitrogen and oxygen atoms in total. The fourth-order valence-electron chi connectivity index (χ4n) is 2.09. The van der Waals surface area contributed by atoms with Gasteiger partial charge in [-0.05, 0) is 29.8 Å². The predicted molar refractivity (Wildman–Crippen MR) is 90.7 cm³/mol. The minimum Gasteiger partial charge on any atom is -0.494 e. The monoisotopic (exact) mass is 359 g/mol. The molecule has 0 N–H and O–H groups in total. The molecule has 0 aliphatic heterocycles. The lowest BCUT2D eigenvalue weighted by Crippen LogP contribution is -2.12. The first-order valence-electron chi connectivity index (χ1n) is 7.82. The van der Waals surface area contributed by atoms with Gasteiger partial charge in [0.15, 0.2) is 6.29 Å². The van der Waals surface area contributed by atoms with Crippen molar-refractivity contribution in [1.82, 2.24) is 0 Å². The lowest BCUT2D eigenvalue weighted by Gasteiger charge is -2.08. The van der Waals surface area contributed by atoms with Gasteiger partial charge in [0.05, 0.1) is 25.2 Å². The molecule has 0 spiro atoms. The fraction of sp³-hybridized carbons (Fsp3) is 0.222. The quantitative estimate of drug-likeness (QED) is 0.160. The number of nitrogens with zero attached hydrogens (tertiary/aromatic N) is 1. The third-order valence-electron chi connectivity index (χ3n) is 3.30. The smallest absolute Gasteiger partial charge is 0.315 e. The van der Waals surface area contributed by atoms with Crippen molar-refractivity contribution < 1.29 is 29.0 Å². The molecule has 0 aliphatic carbocycles. The van der Waals surface area contributed by atoms with Crippen LogP contribution in [0.4, 0.5) is 0 Å². The highest BCUT2D eigenvalue weighted by Gasteiger charge is 2.09. The van der Waals surface area contributed by atoms with Gasteiger partial charge in [0.1, 0.15) is 11.5 Å². The molecule has 0 fully saturated rings. The Balaban J connectivity index is 1.80. The molecule has 2 aromatic carbocycles. The zero-order valence-corrected chi connectivity index (χ0v) is 13.8. The van der Waals surface area contributed by atoms with Gasteiger partial charge < -0.3 is 14.3 Å².